The van der Waals surface area contributed by atoms with E-state index < -0.39 is 0 Å². The van der Waals surface area contributed by atoms with Crippen LogP contribution in [-0.2, 0) is 11.3 Å². The van der Waals surface area contributed by atoms with Crippen LogP contribution in [0.5, 0.6) is 0 Å². The van der Waals surface area contributed by atoms with Gasteiger partial charge in [0, 0.05) is 31.4 Å². The van der Waals surface area contributed by atoms with Gasteiger partial charge < -0.3 is 9.80 Å². The van der Waals surface area contributed by atoms with E-state index in [1.54, 1.807) is 0 Å². The van der Waals surface area contributed by atoms with Gasteiger partial charge in [-0.25, -0.2) is 0 Å². The fourth-order valence-electron chi connectivity index (χ4n) is 2.91. The fourth-order valence-corrected chi connectivity index (χ4v) is 2.91. The van der Waals surface area contributed by atoms with Gasteiger partial charge in [-0.1, -0.05) is 66.7 Å². The normalized spacial score (nSPS) is 10.3. The van der Waals surface area contributed by atoms with Crippen molar-refractivity contribution >= 4 is 17.3 Å². The number of hydrogen-bond acceptors (Lipinski definition) is 2. The molecule has 0 heterocycles. The molecule has 0 aromatic heterocycles. The van der Waals surface area contributed by atoms with E-state index in [0.717, 1.165) is 16.9 Å². The number of amides is 1. The van der Waals surface area contributed by atoms with Crippen molar-refractivity contribution in [1.29, 1.82) is 0 Å². The van der Waals surface area contributed by atoms with Crippen LogP contribution in [0.15, 0.2) is 91.0 Å². The molecule has 0 unspecified atom stereocenters. The van der Waals surface area contributed by atoms with Crippen LogP contribution in [0.3, 0.4) is 0 Å². The first-order valence-electron chi connectivity index (χ1n) is 8.89. The average molecular weight is 344 g/mol. The van der Waals surface area contributed by atoms with Crippen LogP contribution >= 0.6 is 0 Å². The van der Waals surface area contributed by atoms with Gasteiger partial charge in [0.2, 0.25) is 5.91 Å². The summed E-state index contributed by atoms with van der Waals surface area (Å²) in [6, 6.07) is 30.1. The van der Waals surface area contributed by atoms with Gasteiger partial charge in [0.1, 0.15) is 0 Å². The Morgan fingerprint density at radius 2 is 1.23 bits per heavy atom. The average Bonchev–Trinajstić information content (AvgIpc) is 2.72. The van der Waals surface area contributed by atoms with Crippen LogP contribution in [-0.4, -0.2) is 19.5 Å². The summed E-state index contributed by atoms with van der Waals surface area (Å²) in [4.78, 5) is 17.0. The first-order chi connectivity index (χ1) is 12.7. The maximum atomic E-state index is 13.0. The van der Waals surface area contributed by atoms with Crippen LogP contribution in [0, 0.1) is 0 Å². The molecule has 3 heteroatoms. The Labute approximate surface area is 155 Å². The minimum Gasteiger partial charge on any atom is -0.374 e. The molecule has 3 aromatic carbocycles. The summed E-state index contributed by atoms with van der Waals surface area (Å²) < 4.78 is 0. The number of nitrogens with zero attached hydrogens (tertiary/aromatic N) is 2. The largest absolute Gasteiger partial charge is 0.374 e. The third kappa shape index (κ3) is 4.73. The predicted molar refractivity (Wildman–Crippen MR) is 108 cm³/mol. The molecule has 1 amide bonds. The van der Waals surface area contributed by atoms with Crippen molar-refractivity contribution in [2.24, 2.45) is 0 Å². The number of rotatable bonds is 7. The number of para-hydroxylation sites is 2. The summed E-state index contributed by atoms with van der Waals surface area (Å²) in [7, 11) is 2.02. The van der Waals surface area contributed by atoms with Gasteiger partial charge in [0.15, 0.2) is 0 Å². The molecule has 3 rings (SSSR count). The Balaban J connectivity index is 1.70. The number of carbonyl (C=O) groups is 1. The summed E-state index contributed by atoms with van der Waals surface area (Å²) in [6.07, 6.45) is 0.465. The van der Waals surface area contributed by atoms with Gasteiger partial charge in [-0.05, 0) is 29.8 Å². The van der Waals surface area contributed by atoms with Gasteiger partial charge in [0.05, 0.1) is 6.54 Å². The van der Waals surface area contributed by atoms with E-state index in [2.05, 4.69) is 29.2 Å². The highest BCUT2D eigenvalue weighted by atomic mass is 16.2. The molecule has 132 valence electrons. The van der Waals surface area contributed by atoms with E-state index in [9.17, 15) is 4.79 Å². The highest BCUT2D eigenvalue weighted by Crippen LogP contribution is 2.19. The SMILES string of the molecule is CN(CCC(=O)N(Cc1ccccc1)c1ccccc1)c1ccccc1. The smallest absolute Gasteiger partial charge is 0.229 e. The van der Waals surface area contributed by atoms with Gasteiger partial charge >= 0.3 is 0 Å². The molecule has 0 fully saturated rings. The summed E-state index contributed by atoms with van der Waals surface area (Å²) >= 11 is 0. The first-order valence-corrected chi connectivity index (χ1v) is 8.89. The number of benzene rings is 3. The lowest BCUT2D eigenvalue weighted by Crippen LogP contribution is -2.33. The zero-order valence-electron chi connectivity index (χ0n) is 15.1. The van der Waals surface area contributed by atoms with Crippen LogP contribution in [0.4, 0.5) is 11.4 Å². The second-order valence-electron chi connectivity index (χ2n) is 6.31. The van der Waals surface area contributed by atoms with Gasteiger partial charge in [-0.3, -0.25) is 4.79 Å². The molecule has 3 aromatic rings. The highest BCUT2D eigenvalue weighted by molar-refractivity contribution is 5.93. The van der Waals surface area contributed by atoms with E-state index in [0.29, 0.717) is 19.5 Å². The predicted octanol–water partition coefficient (Wildman–Crippen LogP) is 4.75. The molecule has 0 aliphatic carbocycles. The summed E-state index contributed by atoms with van der Waals surface area (Å²) in [5, 5.41) is 0. The molecule has 0 radical (unpaired) electrons. The molecule has 0 saturated carbocycles. The standard InChI is InChI=1S/C23H24N2O/c1-24(21-13-7-3-8-14-21)18-17-23(26)25(22-15-9-4-10-16-22)19-20-11-5-2-6-12-20/h2-16H,17-19H2,1H3. The molecular formula is C23H24N2O. The summed E-state index contributed by atoms with van der Waals surface area (Å²) in [5.74, 6) is 0.128. The van der Waals surface area contributed by atoms with Crippen molar-refractivity contribution in [3.8, 4) is 0 Å². The monoisotopic (exact) mass is 344 g/mol. The Kier molecular flexibility index (Phi) is 6.05. The van der Waals surface area contributed by atoms with E-state index in [4.69, 9.17) is 0 Å². The second kappa shape index (κ2) is 8.86. The molecule has 0 atom stereocenters. The molecule has 26 heavy (non-hydrogen) atoms. The molecule has 0 aliphatic heterocycles. The Hall–Kier alpha value is -3.07. The Morgan fingerprint density at radius 1 is 0.731 bits per heavy atom. The summed E-state index contributed by atoms with van der Waals surface area (Å²) in [5.41, 5.74) is 3.18. The first kappa shape index (κ1) is 17.7. The Morgan fingerprint density at radius 3 is 1.81 bits per heavy atom. The lowest BCUT2D eigenvalue weighted by atomic mass is 10.1. The molecule has 0 spiro atoms. The van der Waals surface area contributed by atoms with Crippen LogP contribution < -0.4 is 9.80 Å². The molecular weight excluding hydrogens is 320 g/mol. The van der Waals surface area contributed by atoms with Crippen molar-refractivity contribution in [3.63, 3.8) is 0 Å². The maximum absolute atomic E-state index is 13.0. The molecule has 0 saturated heterocycles. The molecule has 0 N–H and O–H groups in total. The number of carbonyl (C=O) groups excluding carboxylic acids is 1. The van der Waals surface area contributed by atoms with Gasteiger partial charge in [0.25, 0.3) is 0 Å². The minimum atomic E-state index is 0.128. The lowest BCUT2D eigenvalue weighted by Gasteiger charge is -2.25. The zero-order valence-corrected chi connectivity index (χ0v) is 15.1. The molecule has 0 aliphatic rings. The summed E-state index contributed by atoms with van der Waals surface area (Å²) in [6.45, 7) is 1.26. The van der Waals surface area contributed by atoms with Crippen molar-refractivity contribution in [3.05, 3.63) is 96.6 Å². The van der Waals surface area contributed by atoms with E-state index >= 15 is 0 Å². The van der Waals surface area contributed by atoms with Crippen LogP contribution in [0.2, 0.25) is 0 Å². The Bertz CT molecular complexity index is 803. The number of anilines is 2. The quantitative estimate of drug-likeness (QED) is 0.618. The third-order valence-corrected chi connectivity index (χ3v) is 4.41. The van der Waals surface area contributed by atoms with Crippen LogP contribution in [0.1, 0.15) is 12.0 Å². The minimum absolute atomic E-state index is 0.128. The van der Waals surface area contributed by atoms with E-state index in [-0.39, 0.29) is 5.91 Å². The second-order valence-corrected chi connectivity index (χ2v) is 6.31. The van der Waals surface area contributed by atoms with Crippen LogP contribution in [0.25, 0.3) is 0 Å². The van der Waals surface area contributed by atoms with E-state index in [1.165, 1.54) is 0 Å². The maximum Gasteiger partial charge on any atom is 0.229 e. The van der Waals surface area contributed by atoms with Crippen molar-refractivity contribution in [2.45, 2.75) is 13.0 Å². The van der Waals surface area contributed by atoms with Crippen molar-refractivity contribution < 1.29 is 4.79 Å². The molecule has 3 nitrogen and oxygen atoms in total. The zero-order chi connectivity index (χ0) is 18.2. The topological polar surface area (TPSA) is 23.6 Å². The van der Waals surface area contributed by atoms with Gasteiger partial charge in [-0.2, -0.15) is 0 Å². The van der Waals surface area contributed by atoms with E-state index in [1.807, 2.05) is 78.7 Å². The fraction of sp³-hybridized carbons (Fsp3) is 0.174. The van der Waals surface area contributed by atoms with Crippen molar-refractivity contribution in [1.82, 2.24) is 0 Å². The lowest BCUT2D eigenvalue weighted by molar-refractivity contribution is -0.118. The highest BCUT2D eigenvalue weighted by Gasteiger charge is 2.16. The van der Waals surface area contributed by atoms with Gasteiger partial charge in [-0.15, -0.1) is 0 Å². The molecule has 0 bridgehead atoms. The third-order valence-electron chi connectivity index (χ3n) is 4.41. The van der Waals surface area contributed by atoms with Crippen molar-refractivity contribution in [2.75, 3.05) is 23.4 Å². The number of hydrogen-bond donors (Lipinski definition) is 0.